The quantitative estimate of drug-likeness (QED) is 0.792. The third-order valence-corrected chi connectivity index (χ3v) is 5.01. The molecule has 2 rings (SSSR count). The third-order valence-electron chi connectivity index (χ3n) is 5.01. The van der Waals surface area contributed by atoms with Crippen molar-refractivity contribution >= 4 is 5.78 Å². The molecule has 0 unspecified atom stereocenters. The zero-order valence-electron chi connectivity index (χ0n) is 13.4. The fourth-order valence-corrected chi connectivity index (χ4v) is 4.24. The van der Waals surface area contributed by atoms with E-state index in [9.17, 15) is 4.79 Å². The lowest BCUT2D eigenvalue weighted by atomic mass is 9.77. The van der Waals surface area contributed by atoms with Gasteiger partial charge in [0.05, 0.1) is 0 Å². The van der Waals surface area contributed by atoms with Crippen molar-refractivity contribution in [3.8, 4) is 0 Å². The standard InChI is InChI=1S/C16H30N2O/c1-11-12(2)18(8-7-14(11)19)13-9-15(3,4)17-16(5,6)10-13/h11-13,17H,7-10H2,1-6H3/t11-,12-/m1/s1. The first-order valence-corrected chi connectivity index (χ1v) is 7.69. The summed E-state index contributed by atoms with van der Waals surface area (Å²) in [5, 5.41) is 3.74. The molecule has 2 heterocycles. The van der Waals surface area contributed by atoms with E-state index in [1.807, 2.05) is 0 Å². The van der Waals surface area contributed by atoms with Crippen LogP contribution in [-0.4, -0.2) is 40.4 Å². The second-order valence-corrected chi connectivity index (χ2v) is 7.94. The first-order chi connectivity index (χ1) is 8.61. The molecule has 19 heavy (non-hydrogen) atoms. The van der Waals surface area contributed by atoms with Crippen LogP contribution in [0.15, 0.2) is 0 Å². The molecule has 2 fully saturated rings. The van der Waals surface area contributed by atoms with Gasteiger partial charge in [-0.25, -0.2) is 0 Å². The van der Waals surface area contributed by atoms with Crippen molar-refractivity contribution in [3.05, 3.63) is 0 Å². The Morgan fingerprint density at radius 2 is 1.63 bits per heavy atom. The van der Waals surface area contributed by atoms with Gasteiger partial charge in [0.1, 0.15) is 5.78 Å². The molecule has 0 aliphatic carbocycles. The molecule has 0 aromatic carbocycles. The van der Waals surface area contributed by atoms with Gasteiger partial charge in [-0.3, -0.25) is 9.69 Å². The second-order valence-electron chi connectivity index (χ2n) is 7.94. The van der Waals surface area contributed by atoms with Crippen molar-refractivity contribution in [3.63, 3.8) is 0 Å². The highest BCUT2D eigenvalue weighted by atomic mass is 16.1. The number of ketones is 1. The van der Waals surface area contributed by atoms with Gasteiger partial charge in [0, 0.05) is 42.0 Å². The summed E-state index contributed by atoms with van der Waals surface area (Å²) >= 11 is 0. The summed E-state index contributed by atoms with van der Waals surface area (Å²) in [6.45, 7) is 14.4. The van der Waals surface area contributed by atoms with E-state index >= 15 is 0 Å². The van der Waals surface area contributed by atoms with E-state index in [-0.39, 0.29) is 17.0 Å². The summed E-state index contributed by atoms with van der Waals surface area (Å²) in [6.07, 6.45) is 3.07. The highest BCUT2D eigenvalue weighted by Gasteiger charge is 2.43. The van der Waals surface area contributed by atoms with E-state index in [1.54, 1.807) is 0 Å². The molecule has 0 aromatic rings. The van der Waals surface area contributed by atoms with Crippen LogP contribution in [0.5, 0.6) is 0 Å². The number of hydrogen-bond acceptors (Lipinski definition) is 3. The van der Waals surface area contributed by atoms with E-state index in [0.717, 1.165) is 13.0 Å². The highest BCUT2D eigenvalue weighted by Crippen LogP contribution is 2.35. The average molecular weight is 266 g/mol. The van der Waals surface area contributed by atoms with Crippen LogP contribution in [0.3, 0.4) is 0 Å². The minimum atomic E-state index is 0.177. The maximum atomic E-state index is 11.8. The largest absolute Gasteiger partial charge is 0.307 e. The fourth-order valence-electron chi connectivity index (χ4n) is 4.24. The fraction of sp³-hybridized carbons (Fsp3) is 0.938. The summed E-state index contributed by atoms with van der Waals surface area (Å²) in [4.78, 5) is 14.4. The molecule has 3 heteroatoms. The first kappa shape index (κ1) is 15.0. The summed E-state index contributed by atoms with van der Waals surface area (Å²) in [6, 6.07) is 0.979. The average Bonchev–Trinajstić information content (AvgIpc) is 2.21. The zero-order valence-corrected chi connectivity index (χ0v) is 13.4. The number of piperidine rings is 2. The van der Waals surface area contributed by atoms with E-state index in [2.05, 4.69) is 51.8 Å². The van der Waals surface area contributed by atoms with Crippen molar-refractivity contribution in [1.29, 1.82) is 0 Å². The van der Waals surface area contributed by atoms with Crippen LogP contribution in [0, 0.1) is 5.92 Å². The van der Waals surface area contributed by atoms with Crippen molar-refractivity contribution in [2.45, 2.75) is 84.0 Å². The minimum absolute atomic E-state index is 0.177. The van der Waals surface area contributed by atoms with Crippen LogP contribution < -0.4 is 5.32 Å². The van der Waals surface area contributed by atoms with Crippen molar-refractivity contribution in [2.24, 2.45) is 5.92 Å². The summed E-state index contributed by atoms with van der Waals surface area (Å²) in [5.74, 6) is 0.631. The van der Waals surface area contributed by atoms with Crippen LogP contribution in [0.4, 0.5) is 0 Å². The Bertz CT molecular complexity index is 346. The lowest BCUT2D eigenvalue weighted by Gasteiger charge is -2.52. The highest BCUT2D eigenvalue weighted by molar-refractivity contribution is 5.82. The molecule has 0 amide bonds. The normalized spacial score (nSPS) is 36.4. The Labute approximate surface area is 118 Å². The SMILES string of the molecule is C[C@@H]1[C@@H](C)C(=O)CCN1C1CC(C)(C)NC(C)(C)C1. The molecule has 0 aromatic heterocycles. The Kier molecular flexibility index (Phi) is 3.83. The van der Waals surface area contributed by atoms with Crippen molar-refractivity contribution in [1.82, 2.24) is 10.2 Å². The summed E-state index contributed by atoms with van der Waals surface area (Å²) in [5.41, 5.74) is 0.355. The molecular weight excluding hydrogens is 236 g/mol. The molecule has 2 atom stereocenters. The lowest BCUT2D eigenvalue weighted by Crippen LogP contribution is -2.64. The topological polar surface area (TPSA) is 32.3 Å². The Morgan fingerprint density at radius 1 is 1.11 bits per heavy atom. The number of carbonyl (C=O) groups excluding carboxylic acids is 1. The number of nitrogens with zero attached hydrogens (tertiary/aromatic N) is 1. The van der Waals surface area contributed by atoms with Gasteiger partial charge in [0.15, 0.2) is 0 Å². The van der Waals surface area contributed by atoms with Gasteiger partial charge in [0.2, 0.25) is 0 Å². The Morgan fingerprint density at radius 3 is 2.16 bits per heavy atom. The first-order valence-electron chi connectivity index (χ1n) is 7.69. The second kappa shape index (κ2) is 4.85. The van der Waals surface area contributed by atoms with Gasteiger partial charge in [-0.15, -0.1) is 0 Å². The van der Waals surface area contributed by atoms with Crippen LogP contribution in [0.2, 0.25) is 0 Å². The smallest absolute Gasteiger partial charge is 0.138 e. The predicted octanol–water partition coefficient (Wildman–Crippen LogP) is 2.60. The Balaban J connectivity index is 2.15. The minimum Gasteiger partial charge on any atom is -0.307 e. The van der Waals surface area contributed by atoms with E-state index in [0.29, 0.717) is 17.9 Å². The molecule has 0 saturated carbocycles. The number of carbonyl (C=O) groups is 1. The number of nitrogens with one attached hydrogen (secondary N) is 1. The van der Waals surface area contributed by atoms with Crippen LogP contribution in [0.1, 0.15) is 60.8 Å². The molecule has 2 aliphatic rings. The van der Waals surface area contributed by atoms with Crippen LogP contribution in [-0.2, 0) is 4.79 Å². The molecule has 1 N–H and O–H groups in total. The Hall–Kier alpha value is -0.410. The molecule has 2 aliphatic heterocycles. The summed E-state index contributed by atoms with van der Waals surface area (Å²) in [7, 11) is 0. The van der Waals surface area contributed by atoms with Gasteiger partial charge in [-0.2, -0.15) is 0 Å². The van der Waals surface area contributed by atoms with Crippen molar-refractivity contribution in [2.75, 3.05) is 6.54 Å². The number of hydrogen-bond donors (Lipinski definition) is 1. The zero-order chi connectivity index (χ0) is 14.4. The molecule has 0 radical (unpaired) electrons. The number of Topliss-reactive ketones (excluding diaryl/α,β-unsaturated/α-hetero) is 1. The van der Waals surface area contributed by atoms with E-state index in [4.69, 9.17) is 0 Å². The van der Waals surface area contributed by atoms with Crippen molar-refractivity contribution < 1.29 is 4.79 Å². The third kappa shape index (κ3) is 3.19. The maximum absolute atomic E-state index is 11.8. The molecular formula is C16H30N2O. The van der Waals surface area contributed by atoms with Gasteiger partial charge in [-0.05, 0) is 47.5 Å². The molecule has 3 nitrogen and oxygen atoms in total. The monoisotopic (exact) mass is 266 g/mol. The van der Waals surface area contributed by atoms with E-state index in [1.165, 1.54) is 12.8 Å². The molecule has 0 bridgehead atoms. The lowest BCUT2D eigenvalue weighted by molar-refractivity contribution is -0.129. The van der Waals surface area contributed by atoms with Gasteiger partial charge >= 0.3 is 0 Å². The van der Waals surface area contributed by atoms with Gasteiger partial charge < -0.3 is 5.32 Å². The van der Waals surface area contributed by atoms with Gasteiger partial charge in [-0.1, -0.05) is 6.92 Å². The molecule has 0 spiro atoms. The van der Waals surface area contributed by atoms with Crippen LogP contribution >= 0.6 is 0 Å². The molecule has 110 valence electrons. The summed E-state index contributed by atoms with van der Waals surface area (Å²) < 4.78 is 0. The van der Waals surface area contributed by atoms with E-state index < -0.39 is 0 Å². The van der Waals surface area contributed by atoms with Gasteiger partial charge in [0.25, 0.3) is 0 Å². The number of likely N-dealkylation sites (tertiary alicyclic amines) is 1. The predicted molar refractivity (Wildman–Crippen MR) is 79.3 cm³/mol. The maximum Gasteiger partial charge on any atom is 0.138 e. The molecule has 2 saturated heterocycles. The number of rotatable bonds is 1. The van der Waals surface area contributed by atoms with Crippen LogP contribution in [0.25, 0.3) is 0 Å².